The quantitative estimate of drug-likeness (QED) is 0.620. The third-order valence-corrected chi connectivity index (χ3v) is 3.56. The van der Waals surface area contributed by atoms with E-state index in [1.165, 1.54) is 11.4 Å². The zero-order valence-electron chi connectivity index (χ0n) is 8.45. The van der Waals surface area contributed by atoms with E-state index in [1.54, 1.807) is 6.92 Å². The van der Waals surface area contributed by atoms with Crippen molar-refractivity contribution in [3.8, 4) is 0 Å². The van der Waals surface area contributed by atoms with E-state index in [0.717, 1.165) is 6.42 Å². The molecule has 0 spiro atoms. The van der Waals surface area contributed by atoms with Crippen LogP contribution in [-0.4, -0.2) is 38.9 Å². The molecule has 0 aromatic heterocycles. The van der Waals surface area contributed by atoms with Crippen LogP contribution < -0.4 is 10.5 Å². The average Bonchev–Trinajstić information content (AvgIpc) is 2.12. The lowest BCUT2D eigenvalue weighted by molar-refractivity contribution is 0.387. The van der Waals surface area contributed by atoms with Crippen molar-refractivity contribution in [3.05, 3.63) is 0 Å². The Hall–Kier alpha value is -0.170. The first-order valence-electron chi connectivity index (χ1n) is 4.38. The van der Waals surface area contributed by atoms with Crippen molar-refractivity contribution < 1.29 is 8.42 Å². The molecule has 13 heavy (non-hydrogen) atoms. The van der Waals surface area contributed by atoms with Crippen LogP contribution in [0.5, 0.6) is 0 Å². The molecular formula is C7H19N3O2S. The smallest absolute Gasteiger partial charge is 0.279 e. The van der Waals surface area contributed by atoms with Crippen LogP contribution in [-0.2, 0) is 10.2 Å². The maximum Gasteiger partial charge on any atom is 0.279 e. The van der Waals surface area contributed by atoms with Crippen LogP contribution in [0.4, 0.5) is 0 Å². The molecule has 5 nitrogen and oxygen atoms in total. The molecule has 0 amide bonds. The third kappa shape index (κ3) is 4.04. The van der Waals surface area contributed by atoms with Crippen molar-refractivity contribution in [1.29, 1.82) is 0 Å². The first-order valence-corrected chi connectivity index (χ1v) is 5.82. The zero-order valence-corrected chi connectivity index (χ0v) is 9.26. The minimum absolute atomic E-state index is 0.172. The Labute approximate surface area is 80.5 Å². The molecule has 0 heterocycles. The van der Waals surface area contributed by atoms with Gasteiger partial charge in [-0.15, -0.1) is 0 Å². The average molecular weight is 209 g/mol. The van der Waals surface area contributed by atoms with Gasteiger partial charge >= 0.3 is 0 Å². The van der Waals surface area contributed by atoms with Gasteiger partial charge in [-0.1, -0.05) is 6.92 Å². The summed E-state index contributed by atoms with van der Waals surface area (Å²) in [4.78, 5) is 0. The molecule has 0 saturated heterocycles. The van der Waals surface area contributed by atoms with Crippen molar-refractivity contribution in [2.24, 2.45) is 5.73 Å². The Kier molecular flexibility index (Phi) is 5.46. The number of hydrogen-bond donors (Lipinski definition) is 2. The van der Waals surface area contributed by atoms with E-state index >= 15 is 0 Å². The molecule has 0 aliphatic rings. The SMILES string of the molecule is CCCNS(=O)(=O)N(C)C(C)CN. The molecule has 6 heteroatoms. The van der Waals surface area contributed by atoms with Crippen LogP contribution in [0.3, 0.4) is 0 Å². The lowest BCUT2D eigenvalue weighted by Crippen LogP contribution is -2.45. The summed E-state index contributed by atoms with van der Waals surface area (Å²) >= 11 is 0. The maximum atomic E-state index is 11.4. The van der Waals surface area contributed by atoms with Crippen LogP contribution in [0.15, 0.2) is 0 Å². The van der Waals surface area contributed by atoms with Gasteiger partial charge in [0.2, 0.25) is 0 Å². The predicted octanol–water partition coefficient (Wildman–Crippen LogP) is -0.490. The van der Waals surface area contributed by atoms with Crippen molar-refractivity contribution in [2.75, 3.05) is 20.1 Å². The highest BCUT2D eigenvalue weighted by Crippen LogP contribution is 1.99. The predicted molar refractivity (Wildman–Crippen MR) is 53.5 cm³/mol. The fourth-order valence-electron chi connectivity index (χ4n) is 0.718. The van der Waals surface area contributed by atoms with E-state index < -0.39 is 10.2 Å². The zero-order chi connectivity index (χ0) is 10.5. The van der Waals surface area contributed by atoms with Gasteiger partial charge < -0.3 is 5.73 Å². The van der Waals surface area contributed by atoms with E-state index in [9.17, 15) is 8.42 Å². The number of nitrogens with one attached hydrogen (secondary N) is 1. The van der Waals surface area contributed by atoms with Gasteiger partial charge in [-0.05, 0) is 13.3 Å². The van der Waals surface area contributed by atoms with Crippen molar-refractivity contribution in [1.82, 2.24) is 9.03 Å². The largest absolute Gasteiger partial charge is 0.329 e. The molecule has 0 bridgehead atoms. The molecule has 3 N–H and O–H groups in total. The highest BCUT2D eigenvalue weighted by molar-refractivity contribution is 7.87. The summed E-state index contributed by atoms with van der Waals surface area (Å²) in [6, 6.07) is -0.172. The number of nitrogens with two attached hydrogens (primary N) is 1. The van der Waals surface area contributed by atoms with E-state index in [2.05, 4.69) is 4.72 Å². The van der Waals surface area contributed by atoms with Gasteiger partial charge in [0.25, 0.3) is 10.2 Å². The summed E-state index contributed by atoms with van der Waals surface area (Å²) in [5.74, 6) is 0. The van der Waals surface area contributed by atoms with Crippen molar-refractivity contribution >= 4 is 10.2 Å². The van der Waals surface area contributed by atoms with Crippen LogP contribution >= 0.6 is 0 Å². The Morgan fingerprint density at radius 2 is 2.08 bits per heavy atom. The second kappa shape index (κ2) is 5.54. The first-order chi connectivity index (χ1) is 5.95. The summed E-state index contributed by atoms with van der Waals surface area (Å²) in [5, 5.41) is 0. The maximum absolute atomic E-state index is 11.4. The van der Waals surface area contributed by atoms with Gasteiger partial charge in [-0.2, -0.15) is 12.7 Å². The Bertz CT molecular complexity index is 228. The third-order valence-electron chi connectivity index (χ3n) is 1.88. The summed E-state index contributed by atoms with van der Waals surface area (Å²) in [5.41, 5.74) is 5.36. The van der Waals surface area contributed by atoms with E-state index in [-0.39, 0.29) is 6.04 Å². The molecular weight excluding hydrogens is 190 g/mol. The van der Waals surface area contributed by atoms with Gasteiger partial charge in [0.1, 0.15) is 0 Å². The molecule has 0 radical (unpaired) electrons. The summed E-state index contributed by atoms with van der Waals surface area (Å²) in [6.45, 7) is 4.47. The molecule has 1 unspecified atom stereocenters. The second-order valence-corrected chi connectivity index (χ2v) is 4.82. The van der Waals surface area contributed by atoms with Crippen LogP contribution in [0, 0.1) is 0 Å². The van der Waals surface area contributed by atoms with Crippen LogP contribution in [0.1, 0.15) is 20.3 Å². The second-order valence-electron chi connectivity index (χ2n) is 3.00. The minimum Gasteiger partial charge on any atom is -0.329 e. The first kappa shape index (κ1) is 12.8. The standard InChI is InChI=1S/C7H19N3O2S/c1-4-5-9-13(11,12)10(3)7(2)6-8/h7,9H,4-6,8H2,1-3H3. The molecule has 0 aliphatic heterocycles. The molecule has 80 valence electrons. The molecule has 0 aliphatic carbocycles. The molecule has 0 aromatic rings. The van der Waals surface area contributed by atoms with Gasteiger partial charge in [-0.25, -0.2) is 4.72 Å². The monoisotopic (exact) mass is 209 g/mol. The van der Waals surface area contributed by atoms with Gasteiger partial charge in [0, 0.05) is 26.2 Å². The fourth-order valence-corrected chi connectivity index (χ4v) is 1.94. The van der Waals surface area contributed by atoms with Gasteiger partial charge in [0.05, 0.1) is 0 Å². The molecule has 1 atom stereocenters. The highest BCUT2D eigenvalue weighted by atomic mass is 32.2. The van der Waals surface area contributed by atoms with Gasteiger partial charge in [-0.3, -0.25) is 0 Å². The van der Waals surface area contributed by atoms with E-state index in [4.69, 9.17) is 5.73 Å². The molecule has 0 rings (SSSR count). The lowest BCUT2D eigenvalue weighted by atomic mass is 10.4. The normalized spacial score (nSPS) is 14.8. The topological polar surface area (TPSA) is 75.4 Å². The summed E-state index contributed by atoms with van der Waals surface area (Å²) in [7, 11) is -1.81. The van der Waals surface area contributed by atoms with E-state index in [0.29, 0.717) is 13.1 Å². The van der Waals surface area contributed by atoms with Crippen LogP contribution in [0.2, 0.25) is 0 Å². The Balaban J connectivity index is 4.28. The number of hydrogen-bond acceptors (Lipinski definition) is 3. The van der Waals surface area contributed by atoms with Crippen molar-refractivity contribution in [3.63, 3.8) is 0 Å². The summed E-state index contributed by atoms with van der Waals surface area (Å²) < 4.78 is 26.6. The molecule has 0 aromatic carbocycles. The van der Waals surface area contributed by atoms with Crippen molar-refractivity contribution in [2.45, 2.75) is 26.3 Å². The number of likely N-dealkylation sites (N-methyl/N-ethyl adjacent to an activating group) is 1. The Morgan fingerprint density at radius 1 is 1.54 bits per heavy atom. The number of nitrogens with zero attached hydrogens (tertiary/aromatic N) is 1. The molecule has 0 fully saturated rings. The minimum atomic E-state index is -3.33. The Morgan fingerprint density at radius 3 is 2.46 bits per heavy atom. The summed E-state index contributed by atoms with van der Waals surface area (Å²) in [6.07, 6.45) is 0.782. The lowest BCUT2D eigenvalue weighted by Gasteiger charge is -2.22. The highest BCUT2D eigenvalue weighted by Gasteiger charge is 2.20. The molecule has 0 saturated carbocycles. The van der Waals surface area contributed by atoms with Crippen LogP contribution in [0.25, 0.3) is 0 Å². The van der Waals surface area contributed by atoms with Gasteiger partial charge in [0.15, 0.2) is 0 Å². The number of rotatable bonds is 6. The fraction of sp³-hybridized carbons (Fsp3) is 1.00. The van der Waals surface area contributed by atoms with E-state index in [1.807, 2.05) is 6.92 Å².